The quantitative estimate of drug-likeness (QED) is 0.748. The van der Waals surface area contributed by atoms with Crippen LogP contribution in [0.1, 0.15) is 24.0 Å². The number of hydrogen-bond acceptors (Lipinski definition) is 5. The predicted octanol–water partition coefficient (Wildman–Crippen LogP) is 1.53. The summed E-state index contributed by atoms with van der Waals surface area (Å²) in [5.74, 6) is -0.560. The number of fused-ring (bicyclic) bond motifs is 1. The summed E-state index contributed by atoms with van der Waals surface area (Å²) in [7, 11) is 0. The van der Waals surface area contributed by atoms with Gasteiger partial charge in [-0.05, 0) is 25.0 Å². The van der Waals surface area contributed by atoms with Gasteiger partial charge in [0, 0.05) is 6.04 Å². The number of hydrogen-bond donors (Lipinski definition) is 3. The highest BCUT2D eigenvalue weighted by Crippen LogP contribution is 2.28. The number of rotatable bonds is 4. The molecule has 3 rings (SSSR count). The van der Waals surface area contributed by atoms with Crippen molar-refractivity contribution in [1.29, 1.82) is 0 Å². The summed E-state index contributed by atoms with van der Waals surface area (Å²) >= 11 is 1.28. The Bertz CT molecular complexity index is 641. The Morgan fingerprint density at radius 3 is 2.71 bits per heavy atom. The number of benzene rings is 1. The molecule has 1 aromatic heterocycles. The molecule has 0 spiro atoms. The molecular formula is C15H16N2O3S. The van der Waals surface area contributed by atoms with E-state index in [1.54, 1.807) is 0 Å². The lowest BCUT2D eigenvalue weighted by molar-refractivity contribution is -0.136. The minimum atomic E-state index is -1.51. The lowest BCUT2D eigenvalue weighted by Gasteiger charge is -2.18. The van der Waals surface area contributed by atoms with Crippen LogP contribution < -0.4 is 5.32 Å². The van der Waals surface area contributed by atoms with Crippen LogP contribution in [0.15, 0.2) is 36.4 Å². The molecule has 1 amide bonds. The minimum absolute atomic E-state index is 0.00900. The number of nitrogens with one attached hydrogen (secondary N) is 1. The molecule has 0 saturated heterocycles. The molecule has 3 N–H and O–H groups in total. The predicted molar refractivity (Wildman–Crippen MR) is 80.9 cm³/mol. The first kappa shape index (κ1) is 14.2. The lowest BCUT2D eigenvalue weighted by atomic mass is 10.1. The van der Waals surface area contributed by atoms with Gasteiger partial charge in [-0.15, -0.1) is 11.3 Å². The average molecular weight is 304 g/mol. The van der Waals surface area contributed by atoms with Crippen molar-refractivity contribution in [2.75, 3.05) is 0 Å². The molecule has 1 aliphatic rings. The van der Waals surface area contributed by atoms with Gasteiger partial charge in [0.2, 0.25) is 0 Å². The molecule has 0 aliphatic heterocycles. The first-order valence-corrected chi connectivity index (χ1v) is 7.64. The van der Waals surface area contributed by atoms with E-state index in [4.69, 9.17) is 0 Å². The summed E-state index contributed by atoms with van der Waals surface area (Å²) in [6, 6.07) is 7.47. The maximum absolute atomic E-state index is 12.0. The smallest absolute Gasteiger partial charge is 0.252 e. The van der Waals surface area contributed by atoms with Crippen LogP contribution in [0.5, 0.6) is 0 Å². The van der Waals surface area contributed by atoms with E-state index >= 15 is 0 Å². The third-order valence-corrected chi connectivity index (χ3v) is 4.59. The molecule has 1 aromatic carbocycles. The molecule has 110 valence electrons. The molecule has 2 aromatic rings. The molecular weight excluding hydrogens is 288 g/mol. The number of thiazole rings is 1. The lowest BCUT2D eigenvalue weighted by Crippen LogP contribution is -2.42. The molecule has 6 heteroatoms. The van der Waals surface area contributed by atoms with Crippen LogP contribution in [0.2, 0.25) is 0 Å². The summed E-state index contributed by atoms with van der Waals surface area (Å²) in [6.07, 6.45) is 2.68. The zero-order valence-corrected chi connectivity index (χ0v) is 12.1. The van der Waals surface area contributed by atoms with Gasteiger partial charge >= 0.3 is 0 Å². The van der Waals surface area contributed by atoms with E-state index in [2.05, 4.69) is 10.3 Å². The van der Waals surface area contributed by atoms with Crippen molar-refractivity contribution < 1.29 is 15.0 Å². The molecule has 21 heavy (non-hydrogen) atoms. The minimum Gasteiger partial charge on any atom is -0.383 e. The summed E-state index contributed by atoms with van der Waals surface area (Å²) in [6.45, 7) is 0. The zero-order valence-electron chi connectivity index (χ0n) is 11.3. The van der Waals surface area contributed by atoms with Crippen molar-refractivity contribution in [1.82, 2.24) is 10.3 Å². The standard InChI is InChI=1S/C15H16N2O3S/c18-12(14(20)16-9-5-1-2-6-9)13(19)15-17-10-7-3-4-8-11(10)21-15/h1-4,7-9,12-13,18-19H,5-6H2,(H,16,20). The SMILES string of the molecule is O=C(NC1CC=CC1)C(O)C(O)c1nc2ccccc2s1. The average Bonchev–Trinajstić information content (AvgIpc) is 3.14. The van der Waals surface area contributed by atoms with Gasteiger partial charge in [0.05, 0.1) is 10.2 Å². The molecule has 0 fully saturated rings. The number of aliphatic hydroxyl groups excluding tert-OH is 2. The van der Waals surface area contributed by atoms with Crippen LogP contribution in [0.3, 0.4) is 0 Å². The topological polar surface area (TPSA) is 82.5 Å². The Kier molecular flexibility index (Phi) is 4.01. The molecule has 0 radical (unpaired) electrons. The normalized spacial score (nSPS) is 18.0. The van der Waals surface area contributed by atoms with E-state index in [9.17, 15) is 15.0 Å². The van der Waals surface area contributed by atoms with Gasteiger partial charge in [-0.25, -0.2) is 4.98 Å². The van der Waals surface area contributed by atoms with Crippen LogP contribution in [0, 0.1) is 0 Å². The monoisotopic (exact) mass is 304 g/mol. The highest BCUT2D eigenvalue weighted by atomic mass is 32.1. The maximum Gasteiger partial charge on any atom is 0.252 e. The van der Waals surface area contributed by atoms with Crippen molar-refractivity contribution in [2.45, 2.75) is 31.1 Å². The van der Waals surface area contributed by atoms with Gasteiger partial charge < -0.3 is 15.5 Å². The molecule has 0 saturated carbocycles. The van der Waals surface area contributed by atoms with Gasteiger partial charge in [0.25, 0.3) is 5.91 Å². The van der Waals surface area contributed by atoms with Gasteiger partial charge in [0.1, 0.15) is 11.1 Å². The largest absolute Gasteiger partial charge is 0.383 e. The molecule has 1 aliphatic carbocycles. The number of para-hydroxylation sites is 1. The number of carbonyl (C=O) groups is 1. The van der Waals surface area contributed by atoms with Crippen molar-refractivity contribution in [3.8, 4) is 0 Å². The van der Waals surface area contributed by atoms with E-state index in [0.29, 0.717) is 5.01 Å². The third-order valence-electron chi connectivity index (χ3n) is 3.49. The van der Waals surface area contributed by atoms with Crippen LogP contribution in [0.25, 0.3) is 10.2 Å². The van der Waals surface area contributed by atoms with Crippen LogP contribution in [-0.2, 0) is 4.79 Å². The van der Waals surface area contributed by atoms with E-state index in [1.807, 2.05) is 36.4 Å². The van der Waals surface area contributed by atoms with Crippen molar-refractivity contribution in [3.63, 3.8) is 0 Å². The number of amides is 1. The summed E-state index contributed by atoms with van der Waals surface area (Å²) in [4.78, 5) is 16.2. The first-order chi connectivity index (χ1) is 10.1. The highest BCUT2D eigenvalue weighted by molar-refractivity contribution is 7.18. The summed E-state index contributed by atoms with van der Waals surface area (Å²) < 4.78 is 0.916. The van der Waals surface area contributed by atoms with E-state index in [-0.39, 0.29) is 6.04 Å². The molecule has 2 atom stereocenters. The second-order valence-electron chi connectivity index (χ2n) is 5.06. The van der Waals surface area contributed by atoms with Crippen molar-refractivity contribution >= 4 is 27.5 Å². The second kappa shape index (κ2) is 5.93. The van der Waals surface area contributed by atoms with Crippen molar-refractivity contribution in [3.05, 3.63) is 41.4 Å². The third kappa shape index (κ3) is 2.97. The van der Waals surface area contributed by atoms with Crippen LogP contribution in [-0.4, -0.2) is 33.3 Å². The molecule has 1 heterocycles. The first-order valence-electron chi connectivity index (χ1n) is 6.82. The van der Waals surface area contributed by atoms with Crippen LogP contribution in [0.4, 0.5) is 0 Å². The zero-order chi connectivity index (χ0) is 14.8. The Balaban J connectivity index is 1.70. The molecule has 2 unspecified atom stereocenters. The fraction of sp³-hybridized carbons (Fsp3) is 0.333. The van der Waals surface area contributed by atoms with Gasteiger partial charge in [-0.3, -0.25) is 4.79 Å². The van der Waals surface area contributed by atoms with Crippen molar-refractivity contribution in [2.24, 2.45) is 0 Å². The van der Waals surface area contributed by atoms with Gasteiger partial charge in [-0.2, -0.15) is 0 Å². The number of aliphatic hydroxyl groups is 2. The summed E-state index contributed by atoms with van der Waals surface area (Å²) in [5.41, 5.74) is 0.754. The fourth-order valence-electron chi connectivity index (χ4n) is 2.32. The molecule has 5 nitrogen and oxygen atoms in total. The Morgan fingerprint density at radius 1 is 1.29 bits per heavy atom. The number of carbonyl (C=O) groups excluding carboxylic acids is 1. The fourth-order valence-corrected chi connectivity index (χ4v) is 3.30. The van der Waals surface area contributed by atoms with E-state index in [0.717, 1.165) is 23.1 Å². The maximum atomic E-state index is 12.0. The Labute approximate surface area is 125 Å². The number of nitrogens with zero attached hydrogens (tertiary/aromatic N) is 1. The van der Waals surface area contributed by atoms with Gasteiger partial charge in [0.15, 0.2) is 6.10 Å². The van der Waals surface area contributed by atoms with Gasteiger partial charge in [-0.1, -0.05) is 24.3 Å². The second-order valence-corrected chi connectivity index (χ2v) is 6.12. The Hall–Kier alpha value is -1.76. The van der Waals surface area contributed by atoms with E-state index < -0.39 is 18.1 Å². The van der Waals surface area contributed by atoms with E-state index in [1.165, 1.54) is 11.3 Å². The molecule has 0 bridgehead atoms. The summed E-state index contributed by atoms with van der Waals surface area (Å²) in [5, 5.41) is 23.2. The van der Waals surface area contributed by atoms with Crippen LogP contribution >= 0.6 is 11.3 Å². The highest BCUT2D eigenvalue weighted by Gasteiger charge is 2.29. The Morgan fingerprint density at radius 2 is 2.00 bits per heavy atom. The number of aromatic nitrogens is 1.